The fourth-order valence-electron chi connectivity index (χ4n) is 1.32. The van der Waals surface area contributed by atoms with E-state index in [2.05, 4.69) is 10.6 Å². The van der Waals surface area contributed by atoms with Crippen molar-refractivity contribution in [3.05, 3.63) is 0 Å². The summed E-state index contributed by atoms with van der Waals surface area (Å²) < 4.78 is 0. The molecule has 0 aliphatic rings. The van der Waals surface area contributed by atoms with E-state index in [1.54, 1.807) is 0 Å². The summed E-state index contributed by atoms with van der Waals surface area (Å²) in [5.41, 5.74) is 5.34. The average molecular weight is 323 g/mol. The second kappa shape index (κ2) is 10.4. The lowest BCUT2D eigenvalue weighted by molar-refractivity contribution is -0.143. The van der Waals surface area contributed by atoms with Gasteiger partial charge in [-0.2, -0.15) is 11.8 Å². The maximum absolute atomic E-state index is 12.0. The van der Waals surface area contributed by atoms with E-state index >= 15 is 0 Å². The number of amides is 2. The van der Waals surface area contributed by atoms with Gasteiger partial charge in [-0.15, -0.1) is 0 Å². The van der Waals surface area contributed by atoms with E-state index in [1.807, 2.05) is 6.26 Å². The van der Waals surface area contributed by atoms with Crippen molar-refractivity contribution in [1.82, 2.24) is 10.6 Å². The molecule has 0 spiro atoms. The Balaban J connectivity index is 4.76. The van der Waals surface area contributed by atoms with Crippen molar-refractivity contribution in [2.75, 3.05) is 25.2 Å². The molecule has 0 saturated heterocycles. The molecule has 0 saturated carbocycles. The number of rotatable bonds is 10. The number of hydrogen-bond donors (Lipinski definition) is 6. The second-order valence-electron chi connectivity index (χ2n) is 4.21. The first-order chi connectivity index (χ1) is 9.87. The minimum Gasteiger partial charge on any atom is -0.480 e. The molecule has 7 N–H and O–H groups in total. The Morgan fingerprint density at radius 3 is 2.10 bits per heavy atom. The summed E-state index contributed by atoms with van der Waals surface area (Å²) in [6.07, 6.45) is 2.07. The van der Waals surface area contributed by atoms with Crippen LogP contribution in [0.1, 0.15) is 6.42 Å². The molecule has 21 heavy (non-hydrogen) atoms. The largest absolute Gasteiger partial charge is 0.480 e. The number of thioether (sulfide) groups is 1. The van der Waals surface area contributed by atoms with Crippen molar-refractivity contribution in [3.8, 4) is 0 Å². The molecule has 0 aromatic carbocycles. The topological polar surface area (TPSA) is 162 Å². The Morgan fingerprint density at radius 1 is 1.10 bits per heavy atom. The van der Waals surface area contributed by atoms with E-state index in [1.165, 1.54) is 11.8 Å². The molecule has 0 bridgehead atoms. The lowest BCUT2D eigenvalue weighted by Gasteiger charge is -2.21. The molecule has 0 heterocycles. The zero-order chi connectivity index (χ0) is 16.4. The molecule has 0 radical (unpaired) electrons. The fourth-order valence-corrected chi connectivity index (χ4v) is 1.80. The third-order valence-corrected chi connectivity index (χ3v) is 3.22. The molecule has 0 aromatic rings. The number of carboxylic acids is 1. The molecular weight excluding hydrogens is 302 g/mol. The van der Waals surface area contributed by atoms with E-state index < -0.39 is 49.1 Å². The zero-order valence-electron chi connectivity index (χ0n) is 11.6. The SMILES string of the molecule is CSCCC(NC(=O)C(N)CO)C(=O)NC(CO)C(=O)O. The van der Waals surface area contributed by atoms with Gasteiger partial charge >= 0.3 is 5.97 Å². The van der Waals surface area contributed by atoms with Crippen LogP contribution in [0, 0.1) is 0 Å². The minimum absolute atomic E-state index is 0.259. The molecule has 3 atom stereocenters. The van der Waals surface area contributed by atoms with Gasteiger partial charge in [0.1, 0.15) is 18.1 Å². The summed E-state index contributed by atoms with van der Waals surface area (Å²) in [5.74, 6) is -2.28. The molecule has 2 amide bonds. The van der Waals surface area contributed by atoms with Gasteiger partial charge in [0.15, 0.2) is 0 Å². The molecule has 0 aliphatic heterocycles. The molecule has 0 rings (SSSR count). The summed E-state index contributed by atoms with van der Waals surface area (Å²) >= 11 is 1.44. The quantitative estimate of drug-likeness (QED) is 0.249. The Kier molecular flexibility index (Phi) is 9.71. The summed E-state index contributed by atoms with van der Waals surface area (Å²) in [6, 6.07) is -3.60. The third-order valence-electron chi connectivity index (χ3n) is 2.57. The van der Waals surface area contributed by atoms with Crippen LogP contribution in [0.15, 0.2) is 0 Å². The third kappa shape index (κ3) is 7.27. The highest BCUT2D eigenvalue weighted by atomic mass is 32.2. The number of carbonyl (C=O) groups excluding carboxylic acids is 2. The summed E-state index contributed by atoms with van der Waals surface area (Å²) in [6.45, 7) is -1.34. The number of carboxylic acid groups (broad SMARTS) is 1. The van der Waals surface area contributed by atoms with Crippen LogP contribution in [-0.2, 0) is 14.4 Å². The van der Waals surface area contributed by atoms with Gasteiger partial charge < -0.3 is 31.7 Å². The van der Waals surface area contributed by atoms with Crippen LogP contribution in [-0.4, -0.2) is 76.5 Å². The number of nitrogens with one attached hydrogen (secondary N) is 2. The van der Waals surface area contributed by atoms with Gasteiger partial charge in [0.25, 0.3) is 0 Å². The van der Waals surface area contributed by atoms with Crippen LogP contribution in [0.2, 0.25) is 0 Å². The highest BCUT2D eigenvalue weighted by Crippen LogP contribution is 2.02. The number of aliphatic hydroxyl groups is 2. The summed E-state index contributed by atoms with van der Waals surface area (Å²) in [7, 11) is 0. The normalized spacial score (nSPS) is 14.9. The van der Waals surface area contributed by atoms with Crippen molar-refractivity contribution in [2.45, 2.75) is 24.5 Å². The maximum Gasteiger partial charge on any atom is 0.328 e. The van der Waals surface area contributed by atoms with Crippen molar-refractivity contribution in [2.24, 2.45) is 5.73 Å². The number of aliphatic hydroxyl groups excluding tert-OH is 2. The molecule has 0 fully saturated rings. The van der Waals surface area contributed by atoms with Crippen LogP contribution in [0.4, 0.5) is 0 Å². The van der Waals surface area contributed by atoms with Gasteiger partial charge in [-0.25, -0.2) is 4.79 Å². The Labute approximate surface area is 126 Å². The van der Waals surface area contributed by atoms with E-state index in [0.29, 0.717) is 5.75 Å². The number of hydrogen-bond acceptors (Lipinski definition) is 7. The van der Waals surface area contributed by atoms with Gasteiger partial charge in [-0.1, -0.05) is 0 Å². The first kappa shape index (κ1) is 19.6. The predicted molar refractivity (Wildman–Crippen MR) is 76.6 cm³/mol. The Morgan fingerprint density at radius 2 is 1.67 bits per heavy atom. The molecule has 3 unspecified atom stereocenters. The van der Waals surface area contributed by atoms with E-state index in [0.717, 1.165) is 0 Å². The highest BCUT2D eigenvalue weighted by molar-refractivity contribution is 7.98. The van der Waals surface area contributed by atoms with Gasteiger partial charge in [0.05, 0.1) is 13.2 Å². The smallest absolute Gasteiger partial charge is 0.328 e. The van der Waals surface area contributed by atoms with Crippen LogP contribution in [0.3, 0.4) is 0 Å². The minimum atomic E-state index is -1.45. The van der Waals surface area contributed by atoms with E-state index in [9.17, 15) is 14.4 Å². The first-order valence-corrected chi connectivity index (χ1v) is 7.56. The molecule has 0 aromatic heterocycles. The van der Waals surface area contributed by atoms with Crippen LogP contribution in [0.5, 0.6) is 0 Å². The molecule has 9 nitrogen and oxygen atoms in total. The van der Waals surface area contributed by atoms with Gasteiger partial charge in [0.2, 0.25) is 11.8 Å². The Hall–Kier alpha value is -1.36. The maximum atomic E-state index is 12.0. The monoisotopic (exact) mass is 323 g/mol. The predicted octanol–water partition coefficient (Wildman–Crippen LogP) is -2.89. The lowest BCUT2D eigenvalue weighted by atomic mass is 10.1. The van der Waals surface area contributed by atoms with Crippen molar-refractivity contribution >= 4 is 29.5 Å². The average Bonchev–Trinajstić information content (AvgIpc) is 2.46. The van der Waals surface area contributed by atoms with Crippen molar-refractivity contribution < 1.29 is 29.7 Å². The highest BCUT2D eigenvalue weighted by Gasteiger charge is 2.27. The number of aliphatic carboxylic acids is 1. The standard InChI is InChI=1S/C11H21N3O6S/c1-21-3-2-7(13-9(17)6(12)4-15)10(18)14-8(5-16)11(19)20/h6-8,15-16H,2-5,12H2,1H3,(H,13,17)(H,14,18)(H,19,20). The van der Waals surface area contributed by atoms with Gasteiger partial charge in [0, 0.05) is 0 Å². The molecule has 0 aliphatic carbocycles. The molecule has 122 valence electrons. The van der Waals surface area contributed by atoms with Crippen molar-refractivity contribution in [1.29, 1.82) is 0 Å². The lowest BCUT2D eigenvalue weighted by Crippen LogP contribution is -2.55. The van der Waals surface area contributed by atoms with Gasteiger partial charge in [-0.3, -0.25) is 9.59 Å². The second-order valence-corrected chi connectivity index (χ2v) is 5.20. The van der Waals surface area contributed by atoms with Gasteiger partial charge in [-0.05, 0) is 18.4 Å². The van der Waals surface area contributed by atoms with Crippen molar-refractivity contribution in [3.63, 3.8) is 0 Å². The van der Waals surface area contributed by atoms with E-state index in [-0.39, 0.29) is 6.42 Å². The van der Waals surface area contributed by atoms with Crippen LogP contribution < -0.4 is 16.4 Å². The molecule has 10 heteroatoms. The number of nitrogens with two attached hydrogens (primary N) is 1. The molecular formula is C11H21N3O6S. The number of carbonyl (C=O) groups is 3. The first-order valence-electron chi connectivity index (χ1n) is 6.17. The summed E-state index contributed by atoms with van der Waals surface area (Å²) in [4.78, 5) is 34.3. The van der Waals surface area contributed by atoms with Crippen LogP contribution >= 0.6 is 11.8 Å². The summed E-state index contributed by atoms with van der Waals surface area (Å²) in [5, 5.41) is 30.9. The fraction of sp³-hybridized carbons (Fsp3) is 0.727. The zero-order valence-corrected chi connectivity index (χ0v) is 12.4. The van der Waals surface area contributed by atoms with E-state index in [4.69, 9.17) is 21.1 Å². The Bertz CT molecular complexity index is 368. The van der Waals surface area contributed by atoms with Crippen LogP contribution in [0.25, 0.3) is 0 Å².